The van der Waals surface area contributed by atoms with E-state index in [9.17, 15) is 0 Å². The molecule has 2 aromatic heterocycles. The van der Waals surface area contributed by atoms with Crippen LogP contribution >= 0.6 is 0 Å². The largest absolute Gasteiger partial charge is 0.469 e. The molecule has 0 saturated heterocycles. The lowest BCUT2D eigenvalue weighted by Gasteiger charge is -2.02. The minimum Gasteiger partial charge on any atom is -0.469 e. The molecule has 0 aliphatic carbocycles. The van der Waals surface area contributed by atoms with E-state index in [2.05, 4.69) is 15.6 Å². The van der Waals surface area contributed by atoms with Gasteiger partial charge in [-0.3, -0.25) is 4.68 Å². The average Bonchev–Trinajstić information content (AvgIpc) is 2.85. The van der Waals surface area contributed by atoms with E-state index < -0.39 is 0 Å². The molecule has 0 bridgehead atoms. The second-order valence-electron chi connectivity index (χ2n) is 3.36. The molecule has 2 heterocycles. The van der Waals surface area contributed by atoms with Crippen LogP contribution in [-0.2, 0) is 20.0 Å². The fourth-order valence-electron chi connectivity index (χ4n) is 1.35. The maximum absolute atomic E-state index is 5.22. The lowest BCUT2D eigenvalue weighted by molar-refractivity contribution is 0.496. The van der Waals surface area contributed by atoms with Crippen molar-refractivity contribution < 1.29 is 4.42 Å². The third-order valence-corrected chi connectivity index (χ3v) is 2.24. The third kappa shape index (κ3) is 2.66. The fraction of sp³-hybridized carbons (Fsp3) is 0.400. The Hall–Kier alpha value is -1.62. The summed E-state index contributed by atoms with van der Waals surface area (Å²) in [5.41, 5.74) is 1.08. The van der Waals surface area contributed by atoms with Crippen LogP contribution in [0.3, 0.4) is 0 Å². The van der Waals surface area contributed by atoms with Gasteiger partial charge in [-0.1, -0.05) is 5.21 Å². The van der Waals surface area contributed by atoms with E-state index in [0.717, 1.165) is 31.0 Å². The van der Waals surface area contributed by atoms with Gasteiger partial charge in [0.25, 0.3) is 0 Å². The topological polar surface area (TPSA) is 55.9 Å². The Morgan fingerprint density at radius 1 is 1.53 bits per heavy atom. The second-order valence-corrected chi connectivity index (χ2v) is 3.36. The number of rotatable bonds is 5. The summed E-state index contributed by atoms with van der Waals surface area (Å²) in [6.07, 6.45) is 4.36. The Kier molecular flexibility index (Phi) is 3.14. The standard InChI is InChI=1S/C10H14N4O/c1-14-9(8-12-13-14)7-11-5-4-10-3-2-6-15-10/h2-3,6,8,11H,4-5,7H2,1H3. The molecule has 0 fully saturated rings. The van der Waals surface area contributed by atoms with Crippen molar-refractivity contribution in [3.8, 4) is 0 Å². The van der Waals surface area contributed by atoms with E-state index in [0.29, 0.717) is 0 Å². The van der Waals surface area contributed by atoms with E-state index >= 15 is 0 Å². The summed E-state index contributed by atoms with van der Waals surface area (Å²) in [4.78, 5) is 0. The Bertz CT molecular complexity index is 393. The molecule has 0 saturated carbocycles. The van der Waals surface area contributed by atoms with Crippen molar-refractivity contribution >= 4 is 0 Å². The minimum atomic E-state index is 0.782. The van der Waals surface area contributed by atoms with Crippen molar-refractivity contribution in [1.29, 1.82) is 0 Å². The number of nitrogens with one attached hydrogen (secondary N) is 1. The number of furan rings is 1. The molecule has 0 radical (unpaired) electrons. The summed E-state index contributed by atoms with van der Waals surface area (Å²) in [7, 11) is 1.89. The Balaban J connectivity index is 1.70. The molecule has 0 amide bonds. The zero-order valence-corrected chi connectivity index (χ0v) is 8.68. The number of aryl methyl sites for hydroxylation is 1. The van der Waals surface area contributed by atoms with Crippen molar-refractivity contribution in [2.75, 3.05) is 6.54 Å². The van der Waals surface area contributed by atoms with Gasteiger partial charge in [-0.05, 0) is 12.1 Å². The molecule has 0 aliphatic rings. The van der Waals surface area contributed by atoms with Crippen LogP contribution in [0.15, 0.2) is 29.0 Å². The van der Waals surface area contributed by atoms with E-state index in [1.807, 2.05) is 19.2 Å². The minimum absolute atomic E-state index is 0.782. The molecule has 0 spiro atoms. The number of hydrogen-bond donors (Lipinski definition) is 1. The van der Waals surface area contributed by atoms with Gasteiger partial charge in [0.2, 0.25) is 0 Å². The Morgan fingerprint density at radius 3 is 3.13 bits per heavy atom. The van der Waals surface area contributed by atoms with Gasteiger partial charge in [-0.15, -0.1) is 5.10 Å². The quantitative estimate of drug-likeness (QED) is 0.733. The fourth-order valence-corrected chi connectivity index (χ4v) is 1.35. The zero-order valence-electron chi connectivity index (χ0n) is 8.68. The van der Waals surface area contributed by atoms with E-state index in [4.69, 9.17) is 4.42 Å². The third-order valence-electron chi connectivity index (χ3n) is 2.24. The molecule has 5 heteroatoms. The van der Waals surface area contributed by atoms with Crippen LogP contribution in [0, 0.1) is 0 Å². The molecule has 1 N–H and O–H groups in total. The lowest BCUT2D eigenvalue weighted by Crippen LogP contribution is -2.18. The highest BCUT2D eigenvalue weighted by Crippen LogP contribution is 2.00. The maximum Gasteiger partial charge on any atom is 0.105 e. The van der Waals surface area contributed by atoms with Gasteiger partial charge in [-0.25, -0.2) is 0 Å². The zero-order chi connectivity index (χ0) is 10.5. The Labute approximate surface area is 88.1 Å². The summed E-state index contributed by atoms with van der Waals surface area (Å²) < 4.78 is 6.99. The summed E-state index contributed by atoms with van der Waals surface area (Å²) in [5, 5.41) is 11.0. The summed E-state index contributed by atoms with van der Waals surface area (Å²) in [5.74, 6) is 1.01. The van der Waals surface area contributed by atoms with Crippen molar-refractivity contribution in [1.82, 2.24) is 20.3 Å². The molecular weight excluding hydrogens is 192 g/mol. The number of nitrogens with zero attached hydrogens (tertiary/aromatic N) is 3. The van der Waals surface area contributed by atoms with Crippen molar-refractivity contribution in [2.24, 2.45) is 7.05 Å². The van der Waals surface area contributed by atoms with Crippen molar-refractivity contribution in [3.05, 3.63) is 36.0 Å². The van der Waals surface area contributed by atoms with Crippen LogP contribution in [-0.4, -0.2) is 21.5 Å². The highest BCUT2D eigenvalue weighted by Gasteiger charge is 1.99. The summed E-state index contributed by atoms with van der Waals surface area (Å²) in [6.45, 7) is 1.67. The smallest absolute Gasteiger partial charge is 0.105 e. The van der Waals surface area contributed by atoms with Gasteiger partial charge in [-0.2, -0.15) is 0 Å². The van der Waals surface area contributed by atoms with Gasteiger partial charge in [0.05, 0.1) is 18.2 Å². The highest BCUT2D eigenvalue weighted by molar-refractivity contribution is 4.98. The van der Waals surface area contributed by atoms with Crippen LogP contribution < -0.4 is 5.32 Å². The first kappa shape index (κ1) is 9.92. The van der Waals surface area contributed by atoms with Gasteiger partial charge < -0.3 is 9.73 Å². The van der Waals surface area contributed by atoms with Gasteiger partial charge in [0.15, 0.2) is 0 Å². The lowest BCUT2D eigenvalue weighted by atomic mass is 10.3. The molecule has 80 valence electrons. The van der Waals surface area contributed by atoms with Crippen LogP contribution in [0.4, 0.5) is 0 Å². The second kappa shape index (κ2) is 4.75. The maximum atomic E-state index is 5.22. The molecule has 0 aromatic carbocycles. The van der Waals surface area contributed by atoms with Crippen LogP contribution in [0.1, 0.15) is 11.5 Å². The molecule has 5 nitrogen and oxygen atoms in total. The molecule has 2 aromatic rings. The predicted molar refractivity (Wildman–Crippen MR) is 55.1 cm³/mol. The van der Waals surface area contributed by atoms with Gasteiger partial charge in [0.1, 0.15) is 5.76 Å². The van der Waals surface area contributed by atoms with E-state index in [-0.39, 0.29) is 0 Å². The first-order chi connectivity index (χ1) is 7.36. The van der Waals surface area contributed by atoms with Gasteiger partial charge >= 0.3 is 0 Å². The van der Waals surface area contributed by atoms with E-state index in [1.165, 1.54) is 0 Å². The highest BCUT2D eigenvalue weighted by atomic mass is 16.3. The molecule has 0 atom stereocenters. The van der Waals surface area contributed by atoms with Crippen molar-refractivity contribution in [2.45, 2.75) is 13.0 Å². The summed E-state index contributed by atoms with van der Waals surface area (Å²) in [6, 6.07) is 3.88. The van der Waals surface area contributed by atoms with Crippen LogP contribution in [0.25, 0.3) is 0 Å². The average molecular weight is 206 g/mol. The summed E-state index contributed by atoms with van der Waals surface area (Å²) >= 11 is 0. The van der Waals surface area contributed by atoms with Gasteiger partial charge in [0, 0.05) is 26.6 Å². The predicted octanol–water partition coefficient (Wildman–Crippen LogP) is 0.740. The van der Waals surface area contributed by atoms with E-state index in [1.54, 1.807) is 17.1 Å². The monoisotopic (exact) mass is 206 g/mol. The molecule has 0 unspecified atom stereocenters. The normalized spacial score (nSPS) is 10.7. The number of hydrogen-bond acceptors (Lipinski definition) is 4. The Morgan fingerprint density at radius 2 is 2.47 bits per heavy atom. The molecular formula is C10H14N4O. The SMILES string of the molecule is Cn1nncc1CNCCc1ccco1. The number of aromatic nitrogens is 3. The van der Waals surface area contributed by atoms with Crippen LogP contribution in [0.5, 0.6) is 0 Å². The van der Waals surface area contributed by atoms with Crippen LogP contribution in [0.2, 0.25) is 0 Å². The molecule has 2 rings (SSSR count). The van der Waals surface area contributed by atoms with Crippen molar-refractivity contribution in [3.63, 3.8) is 0 Å². The molecule has 0 aliphatic heterocycles. The first-order valence-electron chi connectivity index (χ1n) is 4.93. The first-order valence-corrected chi connectivity index (χ1v) is 4.93. The molecule has 15 heavy (non-hydrogen) atoms.